The Morgan fingerprint density at radius 2 is 2.38 bits per heavy atom. The van der Waals surface area contributed by atoms with Gasteiger partial charge < -0.3 is 5.73 Å². The molecule has 0 bridgehead atoms. The minimum absolute atomic E-state index is 0.477. The highest BCUT2D eigenvalue weighted by Gasteiger charge is 2.27. The number of aromatic nitrogens is 2. The summed E-state index contributed by atoms with van der Waals surface area (Å²) in [4.78, 5) is 2.54. The molecule has 1 atom stereocenters. The second kappa shape index (κ2) is 4.97. The van der Waals surface area contributed by atoms with Crippen molar-refractivity contribution >= 4 is 0 Å². The molecule has 2 rings (SSSR count). The lowest BCUT2D eigenvalue weighted by Gasteiger charge is -2.37. The lowest BCUT2D eigenvalue weighted by Crippen LogP contribution is -2.38. The molecule has 0 aliphatic carbocycles. The van der Waals surface area contributed by atoms with Gasteiger partial charge in [-0.3, -0.25) is 10.00 Å². The van der Waals surface area contributed by atoms with Crippen molar-refractivity contribution in [3.05, 3.63) is 17.5 Å². The van der Waals surface area contributed by atoms with Crippen molar-refractivity contribution < 1.29 is 0 Å². The number of rotatable bonds is 3. The number of hydrogen-bond acceptors (Lipinski definition) is 3. The number of nitrogens with zero attached hydrogens (tertiary/aromatic N) is 2. The number of hydrogen-bond donors (Lipinski definition) is 2. The summed E-state index contributed by atoms with van der Waals surface area (Å²) < 4.78 is 0. The van der Waals surface area contributed by atoms with E-state index in [4.69, 9.17) is 5.73 Å². The molecule has 1 aliphatic rings. The van der Waals surface area contributed by atoms with E-state index in [2.05, 4.69) is 35.0 Å². The van der Waals surface area contributed by atoms with E-state index < -0.39 is 0 Å². The smallest absolute Gasteiger partial charge is 0.0797 e. The molecule has 2 heterocycles. The number of piperidine rings is 1. The molecule has 3 N–H and O–H groups in total. The van der Waals surface area contributed by atoms with Gasteiger partial charge >= 0.3 is 0 Å². The minimum Gasteiger partial charge on any atom is -0.325 e. The van der Waals surface area contributed by atoms with Gasteiger partial charge in [-0.1, -0.05) is 6.42 Å². The zero-order chi connectivity index (χ0) is 11.5. The highest BCUT2D eigenvalue weighted by molar-refractivity contribution is 5.13. The first-order valence-corrected chi connectivity index (χ1v) is 6.22. The Bertz CT molecular complexity index is 332. The second-order valence-electron chi connectivity index (χ2n) is 4.87. The van der Waals surface area contributed by atoms with Gasteiger partial charge in [0.15, 0.2) is 0 Å². The molecule has 1 fully saturated rings. The standard InChI is InChI=1S/C12H22N4/c1-9(2)16-6-4-3-5-12(16)11-7-10(8-13)14-15-11/h7,9,12H,3-6,8,13H2,1-2H3,(H,14,15). The first-order chi connectivity index (χ1) is 7.72. The van der Waals surface area contributed by atoms with Crippen LogP contribution in [0.1, 0.15) is 50.5 Å². The Morgan fingerprint density at radius 1 is 1.56 bits per heavy atom. The lowest BCUT2D eigenvalue weighted by atomic mass is 9.97. The van der Waals surface area contributed by atoms with Gasteiger partial charge in [0.2, 0.25) is 0 Å². The lowest BCUT2D eigenvalue weighted by molar-refractivity contribution is 0.109. The van der Waals surface area contributed by atoms with Crippen LogP contribution in [0.5, 0.6) is 0 Å². The molecule has 1 aromatic rings. The number of H-pyrrole nitrogens is 1. The van der Waals surface area contributed by atoms with Crippen molar-refractivity contribution in [1.82, 2.24) is 15.1 Å². The van der Waals surface area contributed by atoms with Crippen molar-refractivity contribution in [3.8, 4) is 0 Å². The van der Waals surface area contributed by atoms with Crippen molar-refractivity contribution in [3.63, 3.8) is 0 Å². The van der Waals surface area contributed by atoms with Crippen LogP contribution >= 0.6 is 0 Å². The molecule has 1 aliphatic heterocycles. The average Bonchev–Trinajstić information content (AvgIpc) is 2.77. The van der Waals surface area contributed by atoms with E-state index in [1.54, 1.807) is 0 Å². The maximum absolute atomic E-state index is 5.60. The van der Waals surface area contributed by atoms with Crippen LogP contribution in [0.3, 0.4) is 0 Å². The first kappa shape index (κ1) is 11.6. The monoisotopic (exact) mass is 222 g/mol. The molecule has 16 heavy (non-hydrogen) atoms. The Morgan fingerprint density at radius 3 is 3.00 bits per heavy atom. The predicted octanol–water partition coefficient (Wildman–Crippen LogP) is 1.80. The summed E-state index contributed by atoms with van der Waals surface area (Å²) in [5.74, 6) is 0. The van der Waals surface area contributed by atoms with Gasteiger partial charge in [0.1, 0.15) is 0 Å². The zero-order valence-electron chi connectivity index (χ0n) is 10.2. The summed E-state index contributed by atoms with van der Waals surface area (Å²) >= 11 is 0. The summed E-state index contributed by atoms with van der Waals surface area (Å²) in [6.45, 7) is 6.25. The van der Waals surface area contributed by atoms with E-state index in [1.807, 2.05) is 0 Å². The van der Waals surface area contributed by atoms with E-state index in [1.165, 1.54) is 25.8 Å². The number of likely N-dealkylation sites (tertiary alicyclic amines) is 1. The van der Waals surface area contributed by atoms with Gasteiger partial charge in [0, 0.05) is 18.3 Å². The number of nitrogens with two attached hydrogens (primary N) is 1. The van der Waals surface area contributed by atoms with Crippen molar-refractivity contribution in [2.24, 2.45) is 5.73 Å². The second-order valence-corrected chi connectivity index (χ2v) is 4.87. The SMILES string of the molecule is CC(C)N1CCCCC1c1cc(CN)[nH]n1. The molecule has 90 valence electrons. The molecule has 1 aromatic heterocycles. The van der Waals surface area contributed by atoms with Crippen LogP contribution in [0.25, 0.3) is 0 Å². The normalized spacial score (nSPS) is 22.9. The topological polar surface area (TPSA) is 57.9 Å². The Hall–Kier alpha value is -0.870. The predicted molar refractivity (Wildman–Crippen MR) is 64.9 cm³/mol. The Kier molecular flexibility index (Phi) is 3.61. The fourth-order valence-electron chi connectivity index (χ4n) is 2.54. The molecule has 0 saturated carbocycles. The molecule has 0 aromatic carbocycles. The van der Waals surface area contributed by atoms with Gasteiger partial charge in [0.25, 0.3) is 0 Å². The van der Waals surface area contributed by atoms with Crippen LogP contribution < -0.4 is 5.73 Å². The summed E-state index contributed by atoms with van der Waals surface area (Å²) in [5.41, 5.74) is 7.80. The van der Waals surface area contributed by atoms with Crippen LogP contribution in [0.15, 0.2) is 6.07 Å². The van der Waals surface area contributed by atoms with E-state index >= 15 is 0 Å². The molecule has 1 saturated heterocycles. The molecule has 0 amide bonds. The van der Waals surface area contributed by atoms with Crippen LogP contribution in [-0.2, 0) is 6.54 Å². The van der Waals surface area contributed by atoms with Gasteiger partial charge in [-0.2, -0.15) is 5.10 Å². The molecular weight excluding hydrogens is 200 g/mol. The zero-order valence-corrected chi connectivity index (χ0v) is 10.2. The van der Waals surface area contributed by atoms with Gasteiger partial charge in [-0.05, 0) is 39.3 Å². The van der Waals surface area contributed by atoms with E-state index in [0.29, 0.717) is 18.6 Å². The maximum Gasteiger partial charge on any atom is 0.0797 e. The highest BCUT2D eigenvalue weighted by Crippen LogP contribution is 2.31. The molecular formula is C12H22N4. The fourth-order valence-corrected chi connectivity index (χ4v) is 2.54. The molecule has 0 radical (unpaired) electrons. The van der Waals surface area contributed by atoms with Gasteiger partial charge in [-0.15, -0.1) is 0 Å². The summed E-state index contributed by atoms with van der Waals surface area (Å²) in [6, 6.07) is 3.18. The van der Waals surface area contributed by atoms with Crippen LogP contribution in [-0.4, -0.2) is 27.7 Å². The summed E-state index contributed by atoms with van der Waals surface area (Å²) in [7, 11) is 0. The number of aromatic amines is 1. The third-order valence-electron chi connectivity index (χ3n) is 3.42. The quantitative estimate of drug-likeness (QED) is 0.820. The third-order valence-corrected chi connectivity index (χ3v) is 3.42. The first-order valence-electron chi connectivity index (χ1n) is 6.22. The van der Waals surface area contributed by atoms with Crippen LogP contribution in [0.2, 0.25) is 0 Å². The molecule has 4 nitrogen and oxygen atoms in total. The number of nitrogens with one attached hydrogen (secondary N) is 1. The molecule has 1 unspecified atom stereocenters. The van der Waals surface area contributed by atoms with Crippen molar-refractivity contribution in [2.75, 3.05) is 6.54 Å². The average molecular weight is 222 g/mol. The van der Waals surface area contributed by atoms with Crippen LogP contribution in [0.4, 0.5) is 0 Å². The van der Waals surface area contributed by atoms with Crippen molar-refractivity contribution in [2.45, 2.75) is 51.7 Å². The van der Waals surface area contributed by atoms with Crippen molar-refractivity contribution in [1.29, 1.82) is 0 Å². The molecule has 0 spiro atoms. The van der Waals surface area contributed by atoms with Gasteiger partial charge in [-0.25, -0.2) is 0 Å². The highest BCUT2D eigenvalue weighted by atomic mass is 15.2. The minimum atomic E-state index is 0.477. The summed E-state index contributed by atoms with van der Waals surface area (Å²) in [6.07, 6.45) is 3.83. The van der Waals surface area contributed by atoms with E-state index in [9.17, 15) is 0 Å². The van der Waals surface area contributed by atoms with Crippen LogP contribution in [0, 0.1) is 0 Å². The Balaban J connectivity index is 2.16. The van der Waals surface area contributed by atoms with Gasteiger partial charge in [0.05, 0.1) is 11.7 Å². The van der Waals surface area contributed by atoms with E-state index in [0.717, 1.165) is 11.4 Å². The maximum atomic E-state index is 5.60. The third kappa shape index (κ3) is 2.28. The fraction of sp³-hybridized carbons (Fsp3) is 0.750. The Labute approximate surface area is 97.2 Å². The van der Waals surface area contributed by atoms with E-state index in [-0.39, 0.29) is 0 Å². The molecule has 4 heteroatoms. The summed E-state index contributed by atoms with van der Waals surface area (Å²) in [5, 5.41) is 7.41. The largest absolute Gasteiger partial charge is 0.325 e.